The monoisotopic (exact) mass is 920 g/mol. The van der Waals surface area contributed by atoms with Crippen LogP contribution in [0, 0.1) is 13.8 Å². The standard InChI is InChI=1S/C31H31ClN2O2S.C25H27ClN2/c1-24-12-17-31(32)30(20-24)27-15-13-26(14-16-27)22-33-18-19-34(37(35,36)29-10-6-3-7-11-29)28(23-33)21-25-8-4-2-5-9-25;1-19-7-12-25(26)24(15-19)22-10-8-21(9-11-22)17-28-14-13-27-23(18-28)16-20-5-3-2-4-6-20/h2-17,20,28H,18-19,21-23H2,1H3;2-12,15,23,27H,13-14,16-18H2,1H3/t28-;23-/m00/s1. The van der Waals surface area contributed by atoms with Gasteiger partial charge < -0.3 is 5.32 Å². The van der Waals surface area contributed by atoms with Crippen molar-refractivity contribution in [3.8, 4) is 22.3 Å². The SMILES string of the molecule is Cc1ccc(Cl)c(-c2ccc(CN3CCN(S(=O)(=O)c4ccccc4)[C@@H](Cc4ccccc4)C3)cc2)c1.Cc1ccc(Cl)c(-c2ccc(CN3CCN[C@@H](Cc4ccccc4)C3)cc2)c1. The summed E-state index contributed by atoms with van der Waals surface area (Å²) in [5.74, 6) is 0. The van der Waals surface area contributed by atoms with E-state index in [9.17, 15) is 8.42 Å². The Hall–Kier alpha value is -5.09. The third-order valence-electron chi connectivity index (χ3n) is 12.4. The molecule has 2 atom stereocenters. The van der Waals surface area contributed by atoms with E-state index in [4.69, 9.17) is 23.2 Å². The molecular formula is C56H58Cl2N4O2S. The average molecular weight is 922 g/mol. The quantitative estimate of drug-likeness (QED) is 0.132. The molecule has 2 aliphatic heterocycles. The lowest BCUT2D eigenvalue weighted by atomic mass is 10.0. The summed E-state index contributed by atoms with van der Waals surface area (Å²) in [5, 5.41) is 5.23. The number of halogens is 2. The van der Waals surface area contributed by atoms with E-state index in [1.165, 1.54) is 33.4 Å². The van der Waals surface area contributed by atoms with Crippen LogP contribution >= 0.6 is 23.2 Å². The average Bonchev–Trinajstić information content (AvgIpc) is 3.32. The van der Waals surface area contributed by atoms with Gasteiger partial charge in [0.2, 0.25) is 10.0 Å². The second-order valence-electron chi connectivity index (χ2n) is 17.4. The van der Waals surface area contributed by atoms with Crippen molar-refractivity contribution in [3.63, 3.8) is 0 Å². The number of aryl methyl sites for hydroxylation is 2. The van der Waals surface area contributed by atoms with Crippen molar-refractivity contribution < 1.29 is 8.42 Å². The molecule has 0 unspecified atom stereocenters. The molecule has 0 amide bonds. The molecule has 7 aromatic carbocycles. The second-order valence-corrected chi connectivity index (χ2v) is 20.1. The van der Waals surface area contributed by atoms with Crippen molar-refractivity contribution >= 4 is 33.2 Å². The minimum Gasteiger partial charge on any atom is -0.311 e. The fourth-order valence-electron chi connectivity index (χ4n) is 9.03. The summed E-state index contributed by atoms with van der Waals surface area (Å²) in [6.07, 6.45) is 1.76. The molecule has 0 radical (unpaired) electrons. The maximum absolute atomic E-state index is 13.6. The normalized spacial score (nSPS) is 17.3. The molecule has 0 spiro atoms. The molecule has 9 heteroatoms. The largest absolute Gasteiger partial charge is 0.311 e. The molecule has 9 rings (SSSR count). The van der Waals surface area contributed by atoms with Crippen LogP contribution in [0.15, 0.2) is 181 Å². The van der Waals surface area contributed by atoms with Crippen molar-refractivity contribution in [2.24, 2.45) is 0 Å². The second kappa shape index (κ2) is 21.9. The number of nitrogens with one attached hydrogen (secondary N) is 1. The molecular weight excluding hydrogens is 864 g/mol. The summed E-state index contributed by atoms with van der Waals surface area (Å²) in [6.45, 7) is 11.0. The highest BCUT2D eigenvalue weighted by molar-refractivity contribution is 7.89. The molecule has 6 nitrogen and oxygen atoms in total. The van der Waals surface area contributed by atoms with E-state index < -0.39 is 10.0 Å². The molecule has 2 fully saturated rings. The van der Waals surface area contributed by atoms with Gasteiger partial charge in [-0.05, 0) is 96.5 Å². The molecule has 2 heterocycles. The van der Waals surface area contributed by atoms with Crippen LogP contribution in [-0.2, 0) is 36.0 Å². The van der Waals surface area contributed by atoms with Gasteiger partial charge in [0.25, 0.3) is 0 Å². The van der Waals surface area contributed by atoms with Gasteiger partial charge in [-0.2, -0.15) is 4.31 Å². The lowest BCUT2D eigenvalue weighted by Gasteiger charge is -2.40. The van der Waals surface area contributed by atoms with E-state index >= 15 is 0 Å². The van der Waals surface area contributed by atoms with E-state index in [2.05, 4.69) is 138 Å². The topological polar surface area (TPSA) is 55.9 Å². The zero-order valence-electron chi connectivity index (χ0n) is 37.3. The fraction of sp³-hybridized carbons (Fsp3) is 0.250. The number of sulfonamides is 1. The van der Waals surface area contributed by atoms with Gasteiger partial charge in [-0.1, -0.05) is 174 Å². The minimum absolute atomic E-state index is 0.147. The minimum atomic E-state index is -3.58. The predicted octanol–water partition coefficient (Wildman–Crippen LogP) is 11.8. The Kier molecular flexibility index (Phi) is 15.7. The summed E-state index contributed by atoms with van der Waals surface area (Å²) in [5.41, 5.74) is 11.9. The number of piperazine rings is 2. The summed E-state index contributed by atoms with van der Waals surface area (Å²) in [6, 6.07) is 59.7. The van der Waals surface area contributed by atoms with E-state index in [1.54, 1.807) is 28.6 Å². The lowest BCUT2D eigenvalue weighted by molar-refractivity contribution is 0.129. The molecule has 0 aliphatic carbocycles. The van der Waals surface area contributed by atoms with Gasteiger partial charge in [-0.3, -0.25) is 9.80 Å². The van der Waals surface area contributed by atoms with Gasteiger partial charge in [-0.15, -0.1) is 0 Å². The third-order valence-corrected chi connectivity index (χ3v) is 15.1. The molecule has 65 heavy (non-hydrogen) atoms. The van der Waals surface area contributed by atoms with Crippen molar-refractivity contribution in [2.45, 2.75) is 56.8 Å². The molecule has 0 saturated carbocycles. The number of rotatable bonds is 12. The Morgan fingerprint density at radius 1 is 0.523 bits per heavy atom. The smallest absolute Gasteiger partial charge is 0.243 e. The first kappa shape index (κ1) is 46.4. The van der Waals surface area contributed by atoms with Crippen molar-refractivity contribution in [2.75, 3.05) is 39.3 Å². The van der Waals surface area contributed by atoms with Crippen LogP contribution in [-0.4, -0.2) is 73.9 Å². The summed E-state index contributed by atoms with van der Waals surface area (Å²) >= 11 is 12.8. The Morgan fingerprint density at radius 3 is 1.52 bits per heavy atom. The Balaban J connectivity index is 0.000000184. The van der Waals surface area contributed by atoms with Crippen LogP contribution in [0.4, 0.5) is 0 Å². The molecule has 2 saturated heterocycles. The van der Waals surface area contributed by atoms with Gasteiger partial charge in [0.1, 0.15) is 0 Å². The zero-order valence-corrected chi connectivity index (χ0v) is 39.6. The van der Waals surface area contributed by atoms with Gasteiger partial charge >= 0.3 is 0 Å². The first-order valence-corrected chi connectivity index (χ1v) is 24.8. The molecule has 2 aliphatic rings. The third kappa shape index (κ3) is 12.4. The highest BCUT2D eigenvalue weighted by atomic mass is 35.5. The van der Waals surface area contributed by atoms with Crippen molar-refractivity contribution in [1.82, 2.24) is 19.4 Å². The number of benzene rings is 7. The predicted molar refractivity (Wildman–Crippen MR) is 270 cm³/mol. The molecule has 334 valence electrons. The zero-order chi connectivity index (χ0) is 45.2. The molecule has 0 bridgehead atoms. The van der Waals surface area contributed by atoms with Gasteiger partial charge in [0.05, 0.1) is 4.90 Å². The highest BCUT2D eigenvalue weighted by Gasteiger charge is 2.36. The van der Waals surface area contributed by atoms with Crippen LogP contribution in [0.2, 0.25) is 10.0 Å². The van der Waals surface area contributed by atoms with Crippen LogP contribution in [0.3, 0.4) is 0 Å². The van der Waals surface area contributed by atoms with Crippen molar-refractivity contribution in [3.05, 3.63) is 219 Å². The summed E-state index contributed by atoms with van der Waals surface area (Å²) < 4.78 is 28.8. The Morgan fingerprint density at radius 2 is 1.00 bits per heavy atom. The summed E-state index contributed by atoms with van der Waals surface area (Å²) in [4.78, 5) is 5.27. The summed E-state index contributed by atoms with van der Waals surface area (Å²) in [7, 11) is -3.58. The first-order valence-electron chi connectivity index (χ1n) is 22.6. The lowest BCUT2D eigenvalue weighted by Crippen LogP contribution is -2.55. The van der Waals surface area contributed by atoms with Crippen LogP contribution in [0.1, 0.15) is 33.4 Å². The van der Waals surface area contributed by atoms with Crippen LogP contribution in [0.5, 0.6) is 0 Å². The van der Waals surface area contributed by atoms with E-state index in [0.717, 1.165) is 71.4 Å². The van der Waals surface area contributed by atoms with Gasteiger partial charge in [0.15, 0.2) is 0 Å². The van der Waals surface area contributed by atoms with Crippen molar-refractivity contribution in [1.29, 1.82) is 0 Å². The maximum Gasteiger partial charge on any atom is 0.243 e. The van der Waals surface area contributed by atoms with Gasteiger partial charge in [-0.25, -0.2) is 8.42 Å². The van der Waals surface area contributed by atoms with E-state index in [0.29, 0.717) is 37.0 Å². The molecule has 7 aromatic rings. The van der Waals surface area contributed by atoms with Crippen LogP contribution < -0.4 is 5.32 Å². The Labute approximate surface area is 396 Å². The van der Waals surface area contributed by atoms with E-state index in [1.807, 2.05) is 42.5 Å². The molecule has 1 N–H and O–H groups in total. The maximum atomic E-state index is 13.6. The number of nitrogens with zero attached hydrogens (tertiary/aromatic N) is 3. The number of hydrogen-bond donors (Lipinski definition) is 1. The fourth-order valence-corrected chi connectivity index (χ4v) is 11.1. The number of hydrogen-bond acceptors (Lipinski definition) is 5. The highest BCUT2D eigenvalue weighted by Crippen LogP contribution is 2.31. The molecule has 0 aromatic heterocycles. The van der Waals surface area contributed by atoms with Crippen LogP contribution in [0.25, 0.3) is 22.3 Å². The van der Waals surface area contributed by atoms with E-state index in [-0.39, 0.29) is 6.04 Å². The first-order chi connectivity index (χ1) is 31.6. The van der Waals surface area contributed by atoms with Gasteiger partial charge in [0, 0.05) is 85.6 Å². The Bertz CT molecular complexity index is 2720.